The van der Waals surface area contributed by atoms with Gasteiger partial charge in [-0.3, -0.25) is 4.98 Å². The van der Waals surface area contributed by atoms with E-state index in [0.717, 1.165) is 28.1 Å². The van der Waals surface area contributed by atoms with Crippen LogP contribution in [0.25, 0.3) is 0 Å². The molecular weight excluding hydrogens is 238 g/mol. The van der Waals surface area contributed by atoms with Gasteiger partial charge in [-0.1, -0.05) is 23.8 Å². The van der Waals surface area contributed by atoms with Crippen LogP contribution in [0.15, 0.2) is 36.5 Å². The van der Waals surface area contributed by atoms with Gasteiger partial charge in [-0.25, -0.2) is 0 Å². The lowest BCUT2D eigenvalue weighted by atomic mass is 9.98. The van der Waals surface area contributed by atoms with Crippen molar-refractivity contribution in [2.75, 3.05) is 7.11 Å². The van der Waals surface area contributed by atoms with Crippen molar-refractivity contribution in [2.24, 2.45) is 0 Å². The van der Waals surface area contributed by atoms with Gasteiger partial charge in [0, 0.05) is 23.9 Å². The summed E-state index contributed by atoms with van der Waals surface area (Å²) in [7, 11) is 1.65. The van der Waals surface area contributed by atoms with E-state index in [1.165, 1.54) is 0 Å². The molecule has 0 amide bonds. The zero-order chi connectivity index (χ0) is 13.8. The van der Waals surface area contributed by atoms with E-state index in [-0.39, 0.29) is 0 Å². The molecule has 0 bridgehead atoms. The van der Waals surface area contributed by atoms with Gasteiger partial charge in [0.2, 0.25) is 0 Å². The van der Waals surface area contributed by atoms with Crippen molar-refractivity contribution in [1.29, 1.82) is 0 Å². The lowest BCUT2D eigenvalue weighted by Gasteiger charge is -2.15. The maximum absolute atomic E-state index is 10.4. The molecule has 0 saturated carbocycles. The van der Waals surface area contributed by atoms with E-state index in [1.807, 2.05) is 44.2 Å². The summed E-state index contributed by atoms with van der Waals surface area (Å²) in [6.07, 6.45) is 1.69. The van der Waals surface area contributed by atoms with Crippen molar-refractivity contribution >= 4 is 0 Å². The van der Waals surface area contributed by atoms with Gasteiger partial charge in [0.15, 0.2) is 0 Å². The number of aromatic nitrogens is 1. The van der Waals surface area contributed by atoms with Gasteiger partial charge in [-0.15, -0.1) is 0 Å². The molecular formula is C16H19NO2. The number of aliphatic hydroxyl groups excluding tert-OH is 1. The van der Waals surface area contributed by atoms with E-state index in [0.29, 0.717) is 6.42 Å². The number of nitrogens with zero attached hydrogens (tertiary/aromatic N) is 1. The molecule has 100 valence electrons. The molecule has 0 aliphatic heterocycles. The first-order valence-corrected chi connectivity index (χ1v) is 6.35. The SMILES string of the molecule is COc1ccc(C)cc1CC(O)c1cccnc1C. The van der Waals surface area contributed by atoms with Crippen LogP contribution in [0.1, 0.15) is 28.5 Å². The van der Waals surface area contributed by atoms with Crippen LogP contribution in [0, 0.1) is 13.8 Å². The monoisotopic (exact) mass is 257 g/mol. The fourth-order valence-corrected chi connectivity index (χ4v) is 2.23. The molecule has 3 heteroatoms. The first-order valence-electron chi connectivity index (χ1n) is 6.35. The van der Waals surface area contributed by atoms with Crippen LogP contribution in [0.3, 0.4) is 0 Å². The van der Waals surface area contributed by atoms with Gasteiger partial charge >= 0.3 is 0 Å². The van der Waals surface area contributed by atoms with Crippen LogP contribution < -0.4 is 4.74 Å². The summed E-state index contributed by atoms with van der Waals surface area (Å²) in [5.41, 5.74) is 3.90. The quantitative estimate of drug-likeness (QED) is 0.915. The molecule has 1 aromatic carbocycles. The first-order chi connectivity index (χ1) is 9.11. The van der Waals surface area contributed by atoms with Crippen molar-refractivity contribution < 1.29 is 9.84 Å². The van der Waals surface area contributed by atoms with Gasteiger partial charge in [0.25, 0.3) is 0 Å². The summed E-state index contributed by atoms with van der Waals surface area (Å²) < 4.78 is 5.34. The van der Waals surface area contributed by atoms with Crippen LogP contribution in [0.2, 0.25) is 0 Å². The third kappa shape index (κ3) is 3.12. The molecule has 0 aliphatic rings. The number of rotatable bonds is 4. The van der Waals surface area contributed by atoms with E-state index in [2.05, 4.69) is 4.98 Å². The Bertz CT molecular complexity index is 566. The number of aliphatic hydroxyl groups is 1. The molecule has 3 nitrogen and oxygen atoms in total. The molecule has 1 atom stereocenters. The van der Waals surface area contributed by atoms with Crippen LogP contribution in [-0.2, 0) is 6.42 Å². The number of ether oxygens (including phenoxy) is 1. The Hall–Kier alpha value is -1.87. The Morgan fingerprint density at radius 3 is 2.74 bits per heavy atom. The molecule has 0 radical (unpaired) electrons. The summed E-state index contributed by atoms with van der Waals surface area (Å²) in [4.78, 5) is 4.21. The van der Waals surface area contributed by atoms with Gasteiger partial charge in [-0.05, 0) is 31.5 Å². The van der Waals surface area contributed by atoms with Crippen LogP contribution in [0.4, 0.5) is 0 Å². The lowest BCUT2D eigenvalue weighted by molar-refractivity contribution is 0.176. The number of benzene rings is 1. The highest BCUT2D eigenvalue weighted by Gasteiger charge is 2.14. The molecule has 1 heterocycles. The third-order valence-electron chi connectivity index (χ3n) is 3.26. The summed E-state index contributed by atoms with van der Waals surface area (Å²) in [5, 5.41) is 10.4. The summed E-state index contributed by atoms with van der Waals surface area (Å²) in [5.74, 6) is 0.811. The fraction of sp³-hybridized carbons (Fsp3) is 0.312. The Kier molecular flexibility index (Phi) is 4.17. The number of aryl methyl sites for hydroxylation is 2. The maximum Gasteiger partial charge on any atom is 0.122 e. The molecule has 1 unspecified atom stereocenters. The summed E-state index contributed by atoms with van der Waals surface area (Å²) >= 11 is 0. The van der Waals surface area contributed by atoms with E-state index >= 15 is 0 Å². The minimum Gasteiger partial charge on any atom is -0.496 e. The minimum atomic E-state index is -0.565. The average molecular weight is 257 g/mol. The predicted octanol–water partition coefficient (Wildman–Crippen LogP) is 2.98. The molecule has 0 saturated heterocycles. The van der Waals surface area contributed by atoms with Crippen molar-refractivity contribution in [3.8, 4) is 5.75 Å². The smallest absolute Gasteiger partial charge is 0.122 e. The highest BCUT2D eigenvalue weighted by Crippen LogP contribution is 2.26. The third-order valence-corrected chi connectivity index (χ3v) is 3.26. The second-order valence-electron chi connectivity index (χ2n) is 4.71. The average Bonchev–Trinajstić information content (AvgIpc) is 2.39. The topological polar surface area (TPSA) is 42.4 Å². The largest absolute Gasteiger partial charge is 0.496 e. The number of hydrogen-bond acceptors (Lipinski definition) is 3. The van der Waals surface area contributed by atoms with Crippen LogP contribution >= 0.6 is 0 Å². The Balaban J connectivity index is 2.26. The van der Waals surface area contributed by atoms with Crippen molar-refractivity contribution in [1.82, 2.24) is 4.98 Å². The second kappa shape index (κ2) is 5.85. The Morgan fingerprint density at radius 1 is 1.26 bits per heavy atom. The van der Waals surface area contributed by atoms with E-state index in [4.69, 9.17) is 4.74 Å². The molecule has 1 N–H and O–H groups in total. The molecule has 1 aromatic heterocycles. The molecule has 2 aromatic rings. The van der Waals surface area contributed by atoms with Crippen LogP contribution in [0.5, 0.6) is 5.75 Å². The van der Waals surface area contributed by atoms with Gasteiger partial charge < -0.3 is 9.84 Å². The highest BCUT2D eigenvalue weighted by molar-refractivity contribution is 5.38. The van der Waals surface area contributed by atoms with Crippen molar-refractivity contribution in [3.63, 3.8) is 0 Å². The van der Waals surface area contributed by atoms with Crippen LogP contribution in [-0.4, -0.2) is 17.2 Å². The van der Waals surface area contributed by atoms with E-state index < -0.39 is 6.10 Å². The van der Waals surface area contributed by atoms with Crippen molar-refractivity contribution in [2.45, 2.75) is 26.4 Å². The maximum atomic E-state index is 10.4. The van der Waals surface area contributed by atoms with Gasteiger partial charge in [0.05, 0.1) is 13.2 Å². The summed E-state index contributed by atoms with van der Waals surface area (Å²) in [6.45, 7) is 3.94. The minimum absolute atomic E-state index is 0.525. The van der Waals surface area contributed by atoms with Crippen molar-refractivity contribution in [3.05, 3.63) is 58.9 Å². The van der Waals surface area contributed by atoms with Gasteiger partial charge in [0.1, 0.15) is 5.75 Å². The number of pyridine rings is 1. The van der Waals surface area contributed by atoms with E-state index in [9.17, 15) is 5.11 Å². The standard InChI is InChI=1S/C16H19NO2/c1-11-6-7-16(19-3)13(9-11)10-15(18)14-5-4-8-17-12(14)2/h4-9,15,18H,10H2,1-3H3. The number of hydrogen-bond donors (Lipinski definition) is 1. The Morgan fingerprint density at radius 2 is 2.05 bits per heavy atom. The molecule has 0 fully saturated rings. The fourth-order valence-electron chi connectivity index (χ4n) is 2.23. The molecule has 19 heavy (non-hydrogen) atoms. The molecule has 0 aliphatic carbocycles. The molecule has 0 spiro atoms. The second-order valence-corrected chi connectivity index (χ2v) is 4.71. The van der Waals surface area contributed by atoms with Gasteiger partial charge in [-0.2, -0.15) is 0 Å². The van der Waals surface area contributed by atoms with E-state index in [1.54, 1.807) is 13.3 Å². The summed E-state index contributed by atoms with van der Waals surface area (Å²) in [6, 6.07) is 9.75. The zero-order valence-corrected chi connectivity index (χ0v) is 11.6. The zero-order valence-electron chi connectivity index (χ0n) is 11.6. The highest BCUT2D eigenvalue weighted by atomic mass is 16.5. The predicted molar refractivity (Wildman–Crippen MR) is 75.4 cm³/mol. The normalized spacial score (nSPS) is 12.2. The first kappa shape index (κ1) is 13.6. The Labute approximate surface area is 113 Å². The molecule has 2 rings (SSSR count). The number of methoxy groups -OCH3 is 1. The lowest BCUT2D eigenvalue weighted by Crippen LogP contribution is -2.06.